The molecule has 2 aromatic heterocycles. The normalized spacial score (nSPS) is 13.7. The summed E-state index contributed by atoms with van der Waals surface area (Å²) in [6, 6.07) is -0.275. The molecule has 1 unspecified atom stereocenters. The number of alkyl halides is 3. The quantitative estimate of drug-likeness (QED) is 0.919. The third kappa shape index (κ3) is 3.54. The summed E-state index contributed by atoms with van der Waals surface area (Å²) in [6.07, 6.45) is -3.80. The Hall–Kier alpha value is -1.48. The first-order valence-corrected chi connectivity index (χ1v) is 6.83. The lowest BCUT2D eigenvalue weighted by atomic mass is 10.2. The van der Waals surface area contributed by atoms with E-state index in [0.717, 1.165) is 16.7 Å². The predicted octanol–water partition coefficient (Wildman–Crippen LogP) is 3.09. The maximum Gasteiger partial charge on any atom is 0.434 e. The van der Waals surface area contributed by atoms with Crippen molar-refractivity contribution in [1.29, 1.82) is 0 Å². The molecule has 2 heterocycles. The van der Waals surface area contributed by atoms with Gasteiger partial charge in [0.2, 0.25) is 5.89 Å². The van der Waals surface area contributed by atoms with Gasteiger partial charge in [-0.05, 0) is 13.3 Å². The van der Waals surface area contributed by atoms with Gasteiger partial charge in [0.25, 0.3) is 0 Å². The number of nitrogens with one attached hydrogen (secondary N) is 1. The summed E-state index contributed by atoms with van der Waals surface area (Å²) in [5.41, 5.74) is -0.855. The van der Waals surface area contributed by atoms with Gasteiger partial charge in [-0.15, -0.1) is 11.3 Å². The number of aryl methyl sites for hydroxylation is 1. The van der Waals surface area contributed by atoms with Gasteiger partial charge in [-0.2, -0.15) is 18.2 Å². The van der Waals surface area contributed by atoms with Gasteiger partial charge in [0.1, 0.15) is 5.01 Å². The van der Waals surface area contributed by atoms with Crippen LogP contribution < -0.4 is 5.32 Å². The number of aromatic nitrogens is 3. The Morgan fingerprint density at radius 2 is 2.15 bits per heavy atom. The van der Waals surface area contributed by atoms with E-state index in [2.05, 4.69) is 20.4 Å². The second kappa shape index (κ2) is 5.88. The molecule has 20 heavy (non-hydrogen) atoms. The highest BCUT2D eigenvalue weighted by Gasteiger charge is 2.34. The molecule has 1 atom stereocenters. The summed E-state index contributed by atoms with van der Waals surface area (Å²) in [4.78, 5) is 7.65. The summed E-state index contributed by atoms with van der Waals surface area (Å²) in [7, 11) is 0. The summed E-state index contributed by atoms with van der Waals surface area (Å²) < 4.78 is 42.5. The molecule has 0 fully saturated rings. The molecule has 2 aromatic rings. The largest absolute Gasteiger partial charge is 0.434 e. The van der Waals surface area contributed by atoms with Crippen molar-refractivity contribution in [3.63, 3.8) is 0 Å². The van der Waals surface area contributed by atoms with Crippen molar-refractivity contribution in [2.75, 3.05) is 0 Å². The lowest BCUT2D eigenvalue weighted by molar-refractivity contribution is -0.140. The lowest BCUT2D eigenvalue weighted by Gasteiger charge is -2.12. The van der Waals surface area contributed by atoms with Crippen molar-refractivity contribution in [2.24, 2.45) is 0 Å². The molecule has 0 aliphatic heterocycles. The second-order valence-corrected chi connectivity index (χ2v) is 5.04. The molecular formula is C11H13F3N4OS. The van der Waals surface area contributed by atoms with Crippen LogP contribution in [-0.2, 0) is 12.7 Å². The summed E-state index contributed by atoms with van der Waals surface area (Å²) >= 11 is 0.989. The van der Waals surface area contributed by atoms with Crippen molar-refractivity contribution in [1.82, 2.24) is 20.4 Å². The van der Waals surface area contributed by atoms with Crippen LogP contribution in [-0.4, -0.2) is 15.1 Å². The first kappa shape index (κ1) is 14.9. The van der Waals surface area contributed by atoms with Crippen molar-refractivity contribution in [3.05, 3.63) is 27.8 Å². The molecular weight excluding hydrogens is 293 g/mol. The van der Waals surface area contributed by atoms with E-state index in [9.17, 15) is 13.2 Å². The van der Waals surface area contributed by atoms with Crippen LogP contribution in [0, 0.1) is 6.92 Å². The average molecular weight is 306 g/mol. The van der Waals surface area contributed by atoms with Gasteiger partial charge in [0.15, 0.2) is 11.5 Å². The number of thiazole rings is 1. The smallest absolute Gasteiger partial charge is 0.338 e. The zero-order chi connectivity index (χ0) is 14.8. The van der Waals surface area contributed by atoms with Gasteiger partial charge in [-0.3, -0.25) is 5.32 Å². The maximum atomic E-state index is 12.5. The Kier molecular flexibility index (Phi) is 4.39. The molecule has 0 spiro atoms. The first-order valence-electron chi connectivity index (χ1n) is 5.95. The number of nitrogens with zero attached hydrogens (tertiary/aromatic N) is 3. The van der Waals surface area contributed by atoms with E-state index in [1.54, 1.807) is 6.92 Å². The number of hydrogen-bond acceptors (Lipinski definition) is 6. The van der Waals surface area contributed by atoms with Crippen LogP contribution in [0.5, 0.6) is 0 Å². The van der Waals surface area contributed by atoms with Crippen LogP contribution in [0.1, 0.15) is 41.8 Å². The highest BCUT2D eigenvalue weighted by atomic mass is 32.1. The SMILES string of the molecule is CCC(NCc1nc(C)no1)c1nc(C(F)(F)F)cs1. The fourth-order valence-electron chi connectivity index (χ4n) is 1.61. The van der Waals surface area contributed by atoms with Gasteiger partial charge in [-0.25, -0.2) is 4.98 Å². The molecule has 5 nitrogen and oxygen atoms in total. The first-order chi connectivity index (χ1) is 9.40. The Labute approximate surface area is 117 Å². The van der Waals surface area contributed by atoms with E-state index >= 15 is 0 Å². The van der Waals surface area contributed by atoms with Crippen molar-refractivity contribution >= 4 is 11.3 Å². The van der Waals surface area contributed by atoms with Gasteiger partial charge in [-0.1, -0.05) is 12.1 Å². The number of rotatable bonds is 5. The second-order valence-electron chi connectivity index (χ2n) is 4.15. The zero-order valence-electron chi connectivity index (χ0n) is 10.9. The molecule has 0 aliphatic rings. The Bertz CT molecular complexity index is 566. The lowest BCUT2D eigenvalue weighted by Crippen LogP contribution is -2.20. The molecule has 0 saturated carbocycles. The highest BCUT2D eigenvalue weighted by Crippen LogP contribution is 2.32. The molecule has 0 saturated heterocycles. The Balaban J connectivity index is 2.03. The van der Waals surface area contributed by atoms with Gasteiger partial charge >= 0.3 is 6.18 Å². The Morgan fingerprint density at radius 3 is 2.65 bits per heavy atom. The van der Waals surface area contributed by atoms with Gasteiger partial charge in [0.05, 0.1) is 12.6 Å². The predicted molar refractivity (Wildman–Crippen MR) is 66.0 cm³/mol. The third-order valence-corrected chi connectivity index (χ3v) is 3.55. The van der Waals surface area contributed by atoms with Crippen LogP contribution >= 0.6 is 11.3 Å². The summed E-state index contributed by atoms with van der Waals surface area (Å²) in [5, 5.41) is 8.13. The van der Waals surface area contributed by atoms with E-state index in [-0.39, 0.29) is 6.04 Å². The van der Waals surface area contributed by atoms with Crippen molar-refractivity contribution in [3.8, 4) is 0 Å². The third-order valence-electron chi connectivity index (χ3n) is 2.59. The maximum absolute atomic E-state index is 12.5. The van der Waals surface area contributed by atoms with E-state index < -0.39 is 11.9 Å². The van der Waals surface area contributed by atoms with Crippen LogP contribution in [0.25, 0.3) is 0 Å². The topological polar surface area (TPSA) is 63.8 Å². The van der Waals surface area contributed by atoms with E-state index in [0.29, 0.717) is 29.7 Å². The van der Waals surface area contributed by atoms with Crippen LogP contribution in [0.2, 0.25) is 0 Å². The number of hydrogen-bond donors (Lipinski definition) is 1. The fourth-order valence-corrected chi connectivity index (χ4v) is 2.59. The standard InChI is InChI=1S/C11H13F3N4OS/c1-3-7(15-4-9-16-6(2)18-19-9)10-17-8(5-20-10)11(12,13)14/h5,7,15H,3-4H2,1-2H3. The molecule has 9 heteroatoms. The summed E-state index contributed by atoms with van der Waals surface area (Å²) in [5.74, 6) is 0.914. The van der Waals surface area contributed by atoms with Crippen LogP contribution in [0.4, 0.5) is 13.2 Å². The minimum atomic E-state index is -4.41. The molecule has 0 aliphatic carbocycles. The van der Waals surface area contributed by atoms with E-state index in [1.807, 2.05) is 6.92 Å². The van der Waals surface area contributed by atoms with Crippen molar-refractivity contribution in [2.45, 2.75) is 39.0 Å². The molecule has 0 aromatic carbocycles. The zero-order valence-corrected chi connectivity index (χ0v) is 11.7. The molecule has 0 radical (unpaired) electrons. The van der Waals surface area contributed by atoms with Gasteiger partial charge < -0.3 is 4.52 Å². The molecule has 0 bridgehead atoms. The minimum absolute atomic E-state index is 0.275. The number of halogens is 3. The minimum Gasteiger partial charge on any atom is -0.338 e. The molecule has 2 rings (SSSR count). The summed E-state index contributed by atoms with van der Waals surface area (Å²) in [6.45, 7) is 3.85. The monoisotopic (exact) mass is 306 g/mol. The fraction of sp³-hybridized carbons (Fsp3) is 0.545. The molecule has 0 amide bonds. The van der Waals surface area contributed by atoms with E-state index in [4.69, 9.17) is 4.52 Å². The molecule has 110 valence electrons. The van der Waals surface area contributed by atoms with Crippen LogP contribution in [0.3, 0.4) is 0 Å². The van der Waals surface area contributed by atoms with Gasteiger partial charge in [0, 0.05) is 5.38 Å². The van der Waals surface area contributed by atoms with Crippen LogP contribution in [0.15, 0.2) is 9.90 Å². The van der Waals surface area contributed by atoms with E-state index in [1.165, 1.54) is 0 Å². The Morgan fingerprint density at radius 1 is 1.40 bits per heavy atom. The average Bonchev–Trinajstić information content (AvgIpc) is 2.99. The molecule has 1 N–H and O–H groups in total. The van der Waals surface area contributed by atoms with Crippen molar-refractivity contribution < 1.29 is 17.7 Å². The highest BCUT2D eigenvalue weighted by molar-refractivity contribution is 7.09.